The van der Waals surface area contributed by atoms with E-state index in [0.29, 0.717) is 23.2 Å². The Morgan fingerprint density at radius 1 is 1.19 bits per heavy atom. The summed E-state index contributed by atoms with van der Waals surface area (Å²) in [5.41, 5.74) is 1.19. The molecule has 2 N–H and O–H groups in total. The molecule has 0 atom stereocenters. The molecule has 0 aliphatic heterocycles. The van der Waals surface area contributed by atoms with Crippen LogP contribution in [0.25, 0.3) is 15.6 Å². The van der Waals surface area contributed by atoms with Gasteiger partial charge in [-0.3, -0.25) is 4.79 Å². The van der Waals surface area contributed by atoms with E-state index in [1.807, 2.05) is 24.3 Å². The van der Waals surface area contributed by atoms with Crippen molar-refractivity contribution in [1.82, 2.24) is 9.38 Å². The maximum Gasteiger partial charge on any atom is 0.261 e. The quantitative estimate of drug-likeness (QED) is 0.417. The third-order valence-electron chi connectivity index (χ3n) is 5.03. The summed E-state index contributed by atoms with van der Waals surface area (Å²) in [7, 11) is -2.21. The number of oxazole rings is 1. The van der Waals surface area contributed by atoms with E-state index >= 15 is 4.39 Å². The molecule has 0 bridgehead atoms. The van der Waals surface area contributed by atoms with E-state index < -0.39 is 27.3 Å². The molecule has 11 heteroatoms. The van der Waals surface area contributed by atoms with Crippen LogP contribution in [-0.2, 0) is 29.3 Å². The zero-order valence-corrected chi connectivity index (χ0v) is 18.7. The number of nitrogens with zero attached hydrogens (tertiary/aromatic N) is 2. The number of primary sulfonamides is 1. The molecule has 32 heavy (non-hydrogen) atoms. The maximum absolute atomic E-state index is 15.3. The van der Waals surface area contributed by atoms with Crippen LogP contribution in [0.5, 0.6) is 5.75 Å². The zero-order valence-electron chi connectivity index (χ0n) is 17.1. The fraction of sp³-hybridized carbons (Fsp3) is 0.238. The van der Waals surface area contributed by atoms with Gasteiger partial charge in [-0.1, -0.05) is 18.2 Å². The topological polar surface area (TPSA) is 117 Å². The number of rotatable bonds is 8. The summed E-state index contributed by atoms with van der Waals surface area (Å²) in [6.45, 7) is 0. The first-order chi connectivity index (χ1) is 15.3. The van der Waals surface area contributed by atoms with Crippen LogP contribution in [0.2, 0.25) is 0 Å². The van der Waals surface area contributed by atoms with E-state index in [4.69, 9.17) is 14.3 Å². The first-order valence-corrected chi connectivity index (χ1v) is 12.2. The summed E-state index contributed by atoms with van der Waals surface area (Å²) >= 11 is 1.06. The number of methoxy groups -OCH3 is 1. The van der Waals surface area contributed by atoms with Gasteiger partial charge in [-0.25, -0.2) is 22.9 Å². The number of aromatic nitrogens is 2. The van der Waals surface area contributed by atoms with E-state index in [-0.39, 0.29) is 22.8 Å². The molecule has 0 amide bonds. The largest absolute Gasteiger partial charge is 0.496 e. The number of ether oxygens (including phenoxy) is 1. The average Bonchev–Trinajstić information content (AvgIpc) is 3.40. The van der Waals surface area contributed by atoms with Crippen LogP contribution in [0.3, 0.4) is 0 Å². The number of hydrogen-bond acceptors (Lipinski definition) is 7. The summed E-state index contributed by atoms with van der Waals surface area (Å²) in [6, 6.07) is 9.18. The van der Waals surface area contributed by atoms with E-state index in [1.165, 1.54) is 12.5 Å². The molecule has 3 aromatic heterocycles. The minimum absolute atomic E-state index is 0.0670. The smallest absolute Gasteiger partial charge is 0.261 e. The van der Waals surface area contributed by atoms with Crippen molar-refractivity contribution in [3.63, 3.8) is 0 Å². The van der Waals surface area contributed by atoms with Gasteiger partial charge in [0.1, 0.15) is 21.7 Å². The third-order valence-corrected chi connectivity index (χ3v) is 6.98. The first-order valence-electron chi connectivity index (χ1n) is 9.66. The molecule has 0 saturated carbocycles. The minimum Gasteiger partial charge on any atom is -0.496 e. The van der Waals surface area contributed by atoms with Gasteiger partial charge >= 0.3 is 0 Å². The van der Waals surface area contributed by atoms with E-state index in [1.54, 1.807) is 13.2 Å². The lowest BCUT2D eigenvalue weighted by molar-refractivity contribution is 0.409. The Hall–Kier alpha value is -3.02. The van der Waals surface area contributed by atoms with E-state index in [2.05, 4.69) is 4.98 Å². The molecule has 3 heterocycles. The first kappa shape index (κ1) is 22.2. The molecule has 8 nitrogen and oxygen atoms in total. The second-order valence-corrected chi connectivity index (χ2v) is 9.86. The normalized spacial score (nSPS) is 11.8. The fourth-order valence-electron chi connectivity index (χ4n) is 3.50. The molecule has 0 aliphatic carbocycles. The minimum atomic E-state index is -3.79. The van der Waals surface area contributed by atoms with Gasteiger partial charge in [-0.15, -0.1) is 11.3 Å². The number of sulfonamides is 1. The number of para-hydroxylation sites is 1. The fourth-order valence-corrected chi connectivity index (χ4v) is 5.11. The highest BCUT2D eigenvalue weighted by molar-refractivity contribution is 7.89. The van der Waals surface area contributed by atoms with Crippen molar-refractivity contribution >= 4 is 26.2 Å². The highest BCUT2D eigenvalue weighted by atomic mass is 32.2. The van der Waals surface area contributed by atoms with Crippen molar-refractivity contribution in [3.8, 4) is 16.5 Å². The molecule has 0 aliphatic rings. The van der Waals surface area contributed by atoms with Gasteiger partial charge in [-0.05, 0) is 42.5 Å². The third kappa shape index (κ3) is 4.45. The Kier molecular flexibility index (Phi) is 6.13. The Labute approximate surface area is 187 Å². The maximum atomic E-state index is 15.3. The van der Waals surface area contributed by atoms with E-state index in [0.717, 1.165) is 27.1 Å². The molecule has 0 fully saturated rings. The zero-order chi connectivity index (χ0) is 22.9. The highest BCUT2D eigenvalue weighted by Gasteiger charge is 2.23. The number of hydrogen-bond donors (Lipinski definition) is 1. The van der Waals surface area contributed by atoms with E-state index in [9.17, 15) is 13.2 Å². The van der Waals surface area contributed by atoms with Crippen molar-refractivity contribution in [2.45, 2.75) is 19.3 Å². The van der Waals surface area contributed by atoms with Crippen LogP contribution in [0.1, 0.15) is 16.7 Å². The number of halogens is 1. The summed E-state index contributed by atoms with van der Waals surface area (Å²) < 4.78 is 49.7. The summed E-state index contributed by atoms with van der Waals surface area (Å²) in [6.07, 6.45) is 3.63. The van der Waals surface area contributed by atoms with Crippen molar-refractivity contribution in [2.75, 3.05) is 12.9 Å². The monoisotopic (exact) mass is 477 g/mol. The lowest BCUT2D eigenvalue weighted by Crippen LogP contribution is -2.24. The molecular weight excluding hydrogens is 457 g/mol. The van der Waals surface area contributed by atoms with Crippen LogP contribution < -0.4 is 15.4 Å². The lowest BCUT2D eigenvalue weighted by Gasteiger charge is -2.10. The Balaban J connectivity index is 1.82. The van der Waals surface area contributed by atoms with Crippen LogP contribution in [0, 0.1) is 5.95 Å². The summed E-state index contributed by atoms with van der Waals surface area (Å²) in [5, 5.41) is 5.11. The lowest BCUT2D eigenvalue weighted by atomic mass is 10.0. The van der Waals surface area contributed by atoms with Gasteiger partial charge in [0.15, 0.2) is 0 Å². The van der Waals surface area contributed by atoms with Crippen LogP contribution in [0.4, 0.5) is 4.39 Å². The van der Waals surface area contributed by atoms with Gasteiger partial charge < -0.3 is 9.15 Å². The van der Waals surface area contributed by atoms with Gasteiger partial charge in [0.2, 0.25) is 21.9 Å². The van der Waals surface area contributed by atoms with Crippen LogP contribution >= 0.6 is 11.3 Å². The second-order valence-electron chi connectivity index (χ2n) is 7.13. The van der Waals surface area contributed by atoms with Crippen molar-refractivity contribution < 1.29 is 22.0 Å². The van der Waals surface area contributed by atoms with Gasteiger partial charge in [0.05, 0.1) is 19.1 Å². The van der Waals surface area contributed by atoms with Gasteiger partial charge in [0.25, 0.3) is 5.56 Å². The van der Waals surface area contributed by atoms with Crippen molar-refractivity contribution in [3.05, 3.63) is 75.8 Å². The Morgan fingerprint density at radius 2 is 1.94 bits per heavy atom. The van der Waals surface area contributed by atoms with Gasteiger partial charge in [-0.2, -0.15) is 4.39 Å². The highest BCUT2D eigenvalue weighted by Crippen LogP contribution is 2.33. The van der Waals surface area contributed by atoms with Crippen molar-refractivity contribution in [1.29, 1.82) is 0 Å². The number of fused-ring (bicyclic) bond motifs is 1. The molecule has 0 saturated heterocycles. The molecule has 4 rings (SSSR count). The number of aryl methyl sites for hydroxylation is 3. The Morgan fingerprint density at radius 3 is 2.62 bits per heavy atom. The summed E-state index contributed by atoms with van der Waals surface area (Å²) in [4.78, 5) is 17.5. The molecule has 4 aromatic rings. The van der Waals surface area contributed by atoms with Gasteiger partial charge in [0, 0.05) is 5.56 Å². The number of pyridine rings is 1. The number of benzene rings is 1. The predicted octanol–water partition coefficient (Wildman–Crippen LogP) is 2.78. The molecule has 168 valence electrons. The predicted molar refractivity (Wildman–Crippen MR) is 119 cm³/mol. The molecular formula is C21H20FN3O5S2. The molecule has 1 aromatic carbocycles. The van der Waals surface area contributed by atoms with Crippen LogP contribution in [0.15, 0.2) is 52.0 Å². The molecule has 0 unspecified atom stereocenters. The Bertz CT molecular complexity index is 1430. The second kappa shape index (κ2) is 8.85. The number of nitrogens with two attached hydrogens (primary N) is 1. The van der Waals surface area contributed by atoms with Crippen molar-refractivity contribution in [2.24, 2.45) is 5.14 Å². The molecule has 0 radical (unpaired) electrons. The average molecular weight is 478 g/mol. The standard InChI is InChI=1S/C21H20FN3O5S2/c1-29-16-5-3-2-4-13(16)6-7-15-12-14(8-11-32(23,27)28)20(26)25-18(22)17(31-21(15)25)19-24-9-10-30-19/h2-5,9-10,12H,6-8,11H2,1H3,(H2,23,27,28). The molecule has 0 spiro atoms. The number of thiazole rings is 1. The SMILES string of the molecule is COc1ccccc1CCc1cc(CCS(N)(=O)=O)c(=O)n2c(F)c(-c3ncco3)sc12. The van der Waals surface area contributed by atoms with Crippen LogP contribution in [-0.4, -0.2) is 30.7 Å². The summed E-state index contributed by atoms with van der Waals surface area (Å²) in [5.74, 6) is -0.423.